The smallest absolute Gasteiger partial charge is 0.171 e. The van der Waals surface area contributed by atoms with Crippen LogP contribution in [0.4, 0.5) is 0 Å². The molecule has 142 valence electrons. The van der Waals surface area contributed by atoms with E-state index < -0.39 is 5.41 Å². The van der Waals surface area contributed by atoms with Crippen LogP contribution < -0.4 is 0 Å². The number of ketones is 2. The van der Waals surface area contributed by atoms with Crippen LogP contribution in [-0.4, -0.2) is 21.5 Å². The lowest BCUT2D eigenvalue weighted by molar-refractivity contribution is -0.125. The first kappa shape index (κ1) is 17.7. The van der Waals surface area contributed by atoms with Crippen LogP contribution in [0.25, 0.3) is 21.8 Å². The Bertz CT molecular complexity index is 1400. The second-order valence-corrected chi connectivity index (χ2v) is 7.31. The summed E-state index contributed by atoms with van der Waals surface area (Å²) in [5.74, 6) is -0.567. The molecule has 4 aromatic rings. The van der Waals surface area contributed by atoms with Crippen LogP contribution in [0.5, 0.6) is 0 Å². The number of carbonyl (C=O) groups is 2. The molecule has 0 atom stereocenters. The molecular formula is C24H14N4O2. The van der Waals surface area contributed by atoms with Crippen LogP contribution in [0.15, 0.2) is 60.7 Å². The molecule has 1 aliphatic carbocycles. The Balaban J connectivity index is 2.01. The Morgan fingerprint density at radius 1 is 0.767 bits per heavy atom. The lowest BCUT2D eigenvalue weighted by Crippen LogP contribution is -2.41. The molecule has 30 heavy (non-hydrogen) atoms. The van der Waals surface area contributed by atoms with Crippen LogP contribution in [0.3, 0.4) is 0 Å². The molecule has 0 fully saturated rings. The van der Waals surface area contributed by atoms with Gasteiger partial charge in [-0.05, 0) is 24.3 Å². The number of hydrogen-bond donors (Lipinski definition) is 2. The average Bonchev–Trinajstić information content (AvgIpc) is 3.34. The number of H-pyrrole nitrogens is 2. The van der Waals surface area contributed by atoms with Gasteiger partial charge in [-0.2, -0.15) is 10.5 Å². The number of aromatic amines is 2. The summed E-state index contributed by atoms with van der Waals surface area (Å²) in [5, 5.41) is 21.1. The maximum atomic E-state index is 13.6. The van der Waals surface area contributed by atoms with E-state index in [-0.39, 0.29) is 29.4 Å². The fourth-order valence-electron chi connectivity index (χ4n) is 4.60. The van der Waals surface area contributed by atoms with Gasteiger partial charge in [-0.25, -0.2) is 0 Å². The molecule has 0 saturated carbocycles. The molecule has 0 radical (unpaired) electrons. The van der Waals surface area contributed by atoms with Crippen LogP contribution in [0.2, 0.25) is 0 Å². The second-order valence-electron chi connectivity index (χ2n) is 7.31. The van der Waals surface area contributed by atoms with E-state index in [9.17, 15) is 20.1 Å². The summed E-state index contributed by atoms with van der Waals surface area (Å²) in [7, 11) is 0. The van der Waals surface area contributed by atoms with Crippen molar-refractivity contribution in [3.8, 4) is 12.1 Å². The van der Waals surface area contributed by atoms with Crippen molar-refractivity contribution in [2.75, 3.05) is 0 Å². The highest BCUT2D eigenvalue weighted by Crippen LogP contribution is 2.48. The van der Waals surface area contributed by atoms with E-state index in [0.29, 0.717) is 32.9 Å². The Labute approximate surface area is 171 Å². The normalized spacial score (nSPS) is 15.4. The van der Waals surface area contributed by atoms with E-state index >= 15 is 0 Å². The summed E-state index contributed by atoms with van der Waals surface area (Å²) < 4.78 is 0. The molecule has 0 saturated heterocycles. The molecular weight excluding hydrogens is 376 g/mol. The molecule has 2 aromatic heterocycles. The molecule has 0 amide bonds. The highest BCUT2D eigenvalue weighted by molar-refractivity contribution is 6.16. The number of nitrogens with zero attached hydrogens (tertiary/aromatic N) is 2. The zero-order chi connectivity index (χ0) is 20.9. The summed E-state index contributed by atoms with van der Waals surface area (Å²) in [6.07, 6.45) is 2.37. The lowest BCUT2D eigenvalue weighted by Gasteiger charge is -2.33. The van der Waals surface area contributed by atoms with Gasteiger partial charge in [0, 0.05) is 39.4 Å². The summed E-state index contributed by atoms with van der Waals surface area (Å²) in [6, 6.07) is 18.9. The molecule has 6 nitrogen and oxygen atoms in total. The van der Waals surface area contributed by atoms with Crippen molar-refractivity contribution in [2.24, 2.45) is 0 Å². The van der Waals surface area contributed by atoms with Crippen molar-refractivity contribution < 1.29 is 9.59 Å². The molecule has 6 heteroatoms. The van der Waals surface area contributed by atoms with E-state index in [4.69, 9.17) is 0 Å². The number of carbonyl (C=O) groups excluding carboxylic acids is 2. The molecule has 0 bridgehead atoms. The monoisotopic (exact) mass is 390 g/mol. The first-order chi connectivity index (χ1) is 14.6. The molecule has 5 rings (SSSR count). The van der Waals surface area contributed by atoms with Gasteiger partial charge in [0.1, 0.15) is 23.5 Å². The number of aromatic nitrogens is 2. The van der Waals surface area contributed by atoms with Crippen molar-refractivity contribution in [3.05, 3.63) is 83.2 Å². The molecule has 0 unspecified atom stereocenters. The molecule has 1 aliphatic rings. The Morgan fingerprint density at radius 3 is 1.77 bits per heavy atom. The van der Waals surface area contributed by atoms with Gasteiger partial charge >= 0.3 is 0 Å². The average molecular weight is 390 g/mol. The predicted molar refractivity (Wildman–Crippen MR) is 111 cm³/mol. The standard InChI is InChI=1S/C24H14N4O2/c25-12-19-22(15-5-1-3-7-17(15)27-19)24(11-14(29)9-10-21(24)30)23-16-6-2-4-8-18(16)28-20(23)13-26/h1-10,27-28H,11H2. The van der Waals surface area contributed by atoms with E-state index in [1.807, 2.05) is 48.5 Å². The minimum atomic E-state index is -1.48. The Hall–Kier alpha value is -4.42. The van der Waals surface area contributed by atoms with Crippen molar-refractivity contribution in [1.82, 2.24) is 9.97 Å². The summed E-state index contributed by atoms with van der Waals surface area (Å²) in [6.45, 7) is 0. The zero-order valence-corrected chi connectivity index (χ0v) is 15.7. The molecule has 0 aliphatic heterocycles. The van der Waals surface area contributed by atoms with Crippen LogP contribution in [-0.2, 0) is 15.0 Å². The number of nitrogens with one attached hydrogen (secondary N) is 2. The number of para-hydroxylation sites is 2. The Kier molecular flexibility index (Phi) is 3.71. The third kappa shape index (κ3) is 2.22. The SMILES string of the molecule is N#Cc1[nH]c2ccccc2c1C1(c2c(C#N)[nH]c3ccccc23)CC(=O)C=CC1=O. The third-order valence-corrected chi connectivity index (χ3v) is 5.77. The van der Waals surface area contributed by atoms with E-state index in [1.165, 1.54) is 12.2 Å². The minimum absolute atomic E-state index is 0.157. The summed E-state index contributed by atoms with van der Waals surface area (Å²) in [5.41, 5.74) is 1.19. The quantitative estimate of drug-likeness (QED) is 0.542. The van der Waals surface area contributed by atoms with Crippen LogP contribution in [0, 0.1) is 22.7 Å². The number of allylic oxidation sites excluding steroid dienone is 2. The maximum absolute atomic E-state index is 13.6. The van der Waals surface area contributed by atoms with Gasteiger partial charge in [0.15, 0.2) is 11.6 Å². The van der Waals surface area contributed by atoms with Crippen molar-refractivity contribution in [1.29, 1.82) is 10.5 Å². The summed E-state index contributed by atoms with van der Waals surface area (Å²) in [4.78, 5) is 32.4. The van der Waals surface area contributed by atoms with E-state index in [1.54, 1.807) is 0 Å². The lowest BCUT2D eigenvalue weighted by atomic mass is 9.64. The zero-order valence-electron chi connectivity index (χ0n) is 15.7. The predicted octanol–water partition coefficient (Wildman–Crippen LogP) is 3.78. The fourth-order valence-corrected chi connectivity index (χ4v) is 4.60. The van der Waals surface area contributed by atoms with Crippen LogP contribution in [0.1, 0.15) is 28.9 Å². The molecule has 0 spiro atoms. The van der Waals surface area contributed by atoms with Gasteiger partial charge in [0.25, 0.3) is 0 Å². The topological polar surface area (TPSA) is 113 Å². The molecule has 2 heterocycles. The van der Waals surface area contributed by atoms with Crippen molar-refractivity contribution in [2.45, 2.75) is 11.8 Å². The highest BCUT2D eigenvalue weighted by atomic mass is 16.1. The fraction of sp³-hybridized carbons (Fsp3) is 0.0833. The van der Waals surface area contributed by atoms with Crippen LogP contribution >= 0.6 is 0 Å². The summed E-state index contributed by atoms with van der Waals surface area (Å²) >= 11 is 0. The molecule has 2 N–H and O–H groups in total. The number of hydrogen-bond acceptors (Lipinski definition) is 4. The van der Waals surface area contributed by atoms with Gasteiger partial charge in [0.05, 0.1) is 5.41 Å². The van der Waals surface area contributed by atoms with Gasteiger partial charge in [0.2, 0.25) is 0 Å². The number of fused-ring (bicyclic) bond motifs is 2. The first-order valence-electron chi connectivity index (χ1n) is 9.38. The number of benzene rings is 2. The van der Waals surface area contributed by atoms with E-state index in [2.05, 4.69) is 22.1 Å². The first-order valence-corrected chi connectivity index (χ1v) is 9.38. The Morgan fingerprint density at radius 2 is 1.27 bits per heavy atom. The molecule has 2 aromatic carbocycles. The van der Waals surface area contributed by atoms with Gasteiger partial charge in [-0.3, -0.25) is 9.59 Å². The minimum Gasteiger partial charge on any atom is -0.346 e. The van der Waals surface area contributed by atoms with Crippen molar-refractivity contribution in [3.63, 3.8) is 0 Å². The van der Waals surface area contributed by atoms with Gasteiger partial charge in [-0.15, -0.1) is 0 Å². The van der Waals surface area contributed by atoms with Gasteiger partial charge in [-0.1, -0.05) is 36.4 Å². The second kappa shape index (κ2) is 6.30. The van der Waals surface area contributed by atoms with Crippen molar-refractivity contribution >= 4 is 33.4 Å². The van der Waals surface area contributed by atoms with Gasteiger partial charge < -0.3 is 9.97 Å². The number of nitriles is 2. The highest BCUT2D eigenvalue weighted by Gasteiger charge is 2.50. The maximum Gasteiger partial charge on any atom is 0.171 e. The number of rotatable bonds is 2. The van der Waals surface area contributed by atoms with E-state index in [0.717, 1.165) is 0 Å². The largest absolute Gasteiger partial charge is 0.346 e. The third-order valence-electron chi connectivity index (χ3n) is 5.77.